The molecule has 3 rings (SSSR count). The third-order valence-corrected chi connectivity index (χ3v) is 5.74. The van der Waals surface area contributed by atoms with E-state index in [1.807, 2.05) is 49.2 Å². The number of para-hydroxylation sites is 1. The molecule has 0 atom stereocenters. The summed E-state index contributed by atoms with van der Waals surface area (Å²) in [6.07, 6.45) is 1.72. The van der Waals surface area contributed by atoms with Gasteiger partial charge in [-0.1, -0.05) is 18.2 Å². The molecule has 6 nitrogen and oxygen atoms in total. The number of thiophene rings is 1. The highest BCUT2D eigenvalue weighted by Crippen LogP contribution is 2.41. The van der Waals surface area contributed by atoms with Gasteiger partial charge in [-0.3, -0.25) is 9.78 Å². The molecule has 0 fully saturated rings. The van der Waals surface area contributed by atoms with Gasteiger partial charge in [-0.25, -0.2) is 0 Å². The molecule has 2 aromatic heterocycles. The van der Waals surface area contributed by atoms with E-state index in [1.54, 1.807) is 13.2 Å². The van der Waals surface area contributed by atoms with Crippen molar-refractivity contribution in [1.29, 1.82) is 5.26 Å². The Labute approximate surface area is 168 Å². The van der Waals surface area contributed by atoms with Crippen LogP contribution in [0.15, 0.2) is 36.5 Å². The number of amides is 1. The maximum atomic E-state index is 12.6. The van der Waals surface area contributed by atoms with Gasteiger partial charge in [-0.15, -0.1) is 11.3 Å². The number of aromatic nitrogens is 1. The number of anilines is 1. The van der Waals surface area contributed by atoms with Crippen LogP contribution in [0.2, 0.25) is 0 Å². The third kappa shape index (κ3) is 3.84. The standard InChI is InChI=1S/C21H22N4O2S/c1-4-27-10-9-25(3)21-16(12-22)18(19(28-21)20(26)23-2)15-11-14-7-5-6-8-17(14)24-13-15/h5-8,11,13H,4,9-10H2,1-3H3,(H,23,26). The van der Waals surface area contributed by atoms with Crippen molar-refractivity contribution in [2.24, 2.45) is 0 Å². The van der Waals surface area contributed by atoms with E-state index in [4.69, 9.17) is 4.74 Å². The normalized spacial score (nSPS) is 10.6. The Balaban J connectivity index is 2.14. The van der Waals surface area contributed by atoms with Gasteiger partial charge in [-0.2, -0.15) is 5.26 Å². The Hall–Kier alpha value is -2.95. The van der Waals surface area contributed by atoms with Gasteiger partial charge in [0.15, 0.2) is 0 Å². The number of hydrogen-bond acceptors (Lipinski definition) is 6. The fourth-order valence-corrected chi connectivity index (χ4v) is 4.20. The Morgan fingerprint density at radius 2 is 2.18 bits per heavy atom. The number of likely N-dealkylation sites (N-methyl/N-ethyl adjacent to an activating group) is 1. The molecule has 0 aliphatic rings. The van der Waals surface area contributed by atoms with Gasteiger partial charge in [0.05, 0.1) is 17.7 Å². The second kappa shape index (κ2) is 8.83. The number of nitrogens with one attached hydrogen (secondary N) is 1. The number of benzene rings is 1. The SMILES string of the molecule is CCOCCN(C)c1sc(C(=O)NC)c(-c2cnc3ccccc3c2)c1C#N. The van der Waals surface area contributed by atoms with E-state index in [9.17, 15) is 10.1 Å². The van der Waals surface area contributed by atoms with Crippen molar-refractivity contribution >= 4 is 33.1 Å². The third-order valence-electron chi connectivity index (χ3n) is 4.44. The topological polar surface area (TPSA) is 78.2 Å². The summed E-state index contributed by atoms with van der Waals surface area (Å²) in [5, 5.41) is 14.3. The summed E-state index contributed by atoms with van der Waals surface area (Å²) in [6, 6.07) is 12.1. The molecule has 144 valence electrons. The summed E-state index contributed by atoms with van der Waals surface area (Å²) in [6.45, 7) is 3.77. The van der Waals surface area contributed by atoms with Crippen molar-refractivity contribution in [1.82, 2.24) is 10.3 Å². The molecule has 0 unspecified atom stereocenters. The minimum absolute atomic E-state index is 0.214. The highest BCUT2D eigenvalue weighted by molar-refractivity contribution is 7.18. The monoisotopic (exact) mass is 394 g/mol. The number of fused-ring (bicyclic) bond motifs is 1. The lowest BCUT2D eigenvalue weighted by molar-refractivity contribution is 0.0967. The zero-order valence-corrected chi connectivity index (χ0v) is 17.0. The van der Waals surface area contributed by atoms with E-state index in [-0.39, 0.29) is 5.91 Å². The van der Waals surface area contributed by atoms with Crippen molar-refractivity contribution in [3.63, 3.8) is 0 Å². The lowest BCUT2D eigenvalue weighted by atomic mass is 10.0. The van der Waals surface area contributed by atoms with Crippen LogP contribution in [0.25, 0.3) is 22.0 Å². The first-order valence-electron chi connectivity index (χ1n) is 9.03. The Bertz CT molecular complexity index is 1040. The fourth-order valence-electron chi connectivity index (χ4n) is 3.00. The molecule has 0 spiro atoms. The quantitative estimate of drug-likeness (QED) is 0.619. The second-order valence-corrected chi connectivity index (χ2v) is 7.21. The number of nitrogens with zero attached hydrogens (tertiary/aromatic N) is 3. The maximum Gasteiger partial charge on any atom is 0.261 e. The minimum atomic E-state index is -0.214. The van der Waals surface area contributed by atoms with Gasteiger partial charge in [0.1, 0.15) is 15.9 Å². The average molecular weight is 395 g/mol. The summed E-state index contributed by atoms with van der Waals surface area (Å²) >= 11 is 1.32. The average Bonchev–Trinajstić information content (AvgIpc) is 3.12. The lowest BCUT2D eigenvalue weighted by Gasteiger charge is -2.17. The first-order valence-corrected chi connectivity index (χ1v) is 9.85. The van der Waals surface area contributed by atoms with Crippen LogP contribution in [0.4, 0.5) is 5.00 Å². The van der Waals surface area contributed by atoms with E-state index in [0.29, 0.717) is 35.8 Å². The van der Waals surface area contributed by atoms with Crippen molar-refractivity contribution in [3.05, 3.63) is 47.0 Å². The largest absolute Gasteiger partial charge is 0.380 e. The van der Waals surface area contributed by atoms with Crippen molar-refractivity contribution in [2.75, 3.05) is 38.8 Å². The molecule has 1 N–H and O–H groups in total. The molecule has 0 saturated carbocycles. The van der Waals surface area contributed by atoms with E-state index >= 15 is 0 Å². The van der Waals surface area contributed by atoms with Crippen molar-refractivity contribution in [3.8, 4) is 17.2 Å². The van der Waals surface area contributed by atoms with Crippen LogP contribution >= 0.6 is 11.3 Å². The van der Waals surface area contributed by atoms with E-state index in [0.717, 1.165) is 21.5 Å². The van der Waals surface area contributed by atoms with Gasteiger partial charge < -0.3 is 15.0 Å². The smallest absolute Gasteiger partial charge is 0.261 e. The molecule has 0 bridgehead atoms. The summed E-state index contributed by atoms with van der Waals surface area (Å²) < 4.78 is 5.43. The first-order chi connectivity index (χ1) is 13.6. The van der Waals surface area contributed by atoms with Gasteiger partial charge in [0, 0.05) is 50.0 Å². The fraction of sp³-hybridized carbons (Fsp3) is 0.286. The summed E-state index contributed by atoms with van der Waals surface area (Å²) in [5.41, 5.74) is 2.74. The molecule has 7 heteroatoms. The van der Waals surface area contributed by atoms with Crippen LogP contribution in [0, 0.1) is 11.3 Å². The summed E-state index contributed by atoms with van der Waals surface area (Å²) in [4.78, 5) is 19.5. The van der Waals surface area contributed by atoms with Gasteiger partial charge in [0.25, 0.3) is 5.91 Å². The van der Waals surface area contributed by atoms with Crippen molar-refractivity contribution < 1.29 is 9.53 Å². The van der Waals surface area contributed by atoms with E-state index < -0.39 is 0 Å². The maximum absolute atomic E-state index is 12.6. The minimum Gasteiger partial charge on any atom is -0.380 e. The van der Waals surface area contributed by atoms with E-state index in [2.05, 4.69) is 16.4 Å². The molecule has 1 aromatic carbocycles. The number of nitriles is 1. The Kier molecular flexibility index (Phi) is 6.24. The number of ether oxygens (including phenoxy) is 1. The number of carbonyl (C=O) groups is 1. The van der Waals surface area contributed by atoms with Gasteiger partial charge >= 0.3 is 0 Å². The van der Waals surface area contributed by atoms with Gasteiger partial charge in [0.2, 0.25) is 0 Å². The molecule has 0 aliphatic heterocycles. The van der Waals surface area contributed by atoms with E-state index in [1.165, 1.54) is 11.3 Å². The molecule has 0 aliphatic carbocycles. The van der Waals surface area contributed by atoms with Gasteiger partial charge in [-0.05, 0) is 19.1 Å². The molecule has 1 amide bonds. The summed E-state index contributed by atoms with van der Waals surface area (Å²) in [5.74, 6) is -0.214. The molecule has 28 heavy (non-hydrogen) atoms. The first kappa shape index (κ1) is 19.8. The number of rotatable bonds is 7. The zero-order valence-electron chi connectivity index (χ0n) is 16.2. The Morgan fingerprint density at radius 3 is 2.89 bits per heavy atom. The van der Waals surface area contributed by atoms with Crippen LogP contribution < -0.4 is 10.2 Å². The summed E-state index contributed by atoms with van der Waals surface area (Å²) in [7, 11) is 3.50. The van der Waals surface area contributed by atoms with Crippen LogP contribution in [-0.2, 0) is 4.74 Å². The zero-order chi connectivity index (χ0) is 20.1. The molecule has 3 aromatic rings. The highest BCUT2D eigenvalue weighted by atomic mass is 32.1. The Morgan fingerprint density at radius 1 is 1.39 bits per heavy atom. The number of carbonyl (C=O) groups excluding carboxylic acids is 1. The number of pyridine rings is 1. The second-order valence-electron chi connectivity index (χ2n) is 6.21. The lowest BCUT2D eigenvalue weighted by Crippen LogP contribution is -2.22. The molecule has 0 saturated heterocycles. The predicted molar refractivity (Wildman–Crippen MR) is 113 cm³/mol. The molecular formula is C21H22N4O2S. The highest BCUT2D eigenvalue weighted by Gasteiger charge is 2.25. The van der Waals surface area contributed by atoms with Crippen LogP contribution in [0.1, 0.15) is 22.2 Å². The molecule has 0 radical (unpaired) electrons. The molecular weight excluding hydrogens is 372 g/mol. The van der Waals surface area contributed by atoms with Crippen LogP contribution in [0.5, 0.6) is 0 Å². The number of hydrogen-bond donors (Lipinski definition) is 1. The molecule has 2 heterocycles. The van der Waals surface area contributed by atoms with Crippen LogP contribution in [0.3, 0.4) is 0 Å². The van der Waals surface area contributed by atoms with Crippen molar-refractivity contribution in [2.45, 2.75) is 6.92 Å². The predicted octanol–water partition coefficient (Wildman–Crippen LogP) is 3.67. The van der Waals surface area contributed by atoms with Crippen LogP contribution in [-0.4, -0.2) is 44.7 Å².